The minimum Gasteiger partial charge on any atom is -0.369 e. The summed E-state index contributed by atoms with van der Waals surface area (Å²) in [6, 6.07) is 0. The number of anilines is 1. The molecule has 6 heteroatoms. The molecule has 21 heavy (non-hydrogen) atoms. The van der Waals surface area contributed by atoms with Gasteiger partial charge in [-0.15, -0.1) is 0 Å². The number of imidazole rings is 1. The molecule has 0 atom stereocenters. The monoisotopic (exact) mass is 349 g/mol. The zero-order chi connectivity index (χ0) is 14.8. The number of aryl methyl sites for hydroxylation is 1. The standard InChI is InChI=1S/C15H20BrN5/c1-3-7-18-15-12(16)13(10-5-6-10)19-14(20-15)11-8-17-9-21(11)4-2/h8-10H,3-7H2,1-2H3,(H,18,19,20). The van der Waals surface area contributed by atoms with Gasteiger partial charge in [0, 0.05) is 19.0 Å². The summed E-state index contributed by atoms with van der Waals surface area (Å²) < 4.78 is 3.09. The molecule has 0 saturated heterocycles. The van der Waals surface area contributed by atoms with Crippen molar-refractivity contribution in [3.05, 3.63) is 22.7 Å². The van der Waals surface area contributed by atoms with Crippen LogP contribution in [0, 0.1) is 0 Å². The van der Waals surface area contributed by atoms with Crippen LogP contribution in [0.5, 0.6) is 0 Å². The van der Waals surface area contributed by atoms with Gasteiger partial charge in [0.2, 0.25) is 0 Å². The first kappa shape index (κ1) is 14.5. The molecule has 112 valence electrons. The first-order valence-electron chi connectivity index (χ1n) is 7.56. The molecule has 2 aromatic heterocycles. The molecule has 0 aromatic carbocycles. The highest BCUT2D eigenvalue weighted by atomic mass is 79.9. The Balaban J connectivity index is 2.05. The van der Waals surface area contributed by atoms with Gasteiger partial charge in [-0.2, -0.15) is 0 Å². The molecule has 5 nitrogen and oxygen atoms in total. The summed E-state index contributed by atoms with van der Waals surface area (Å²) in [5, 5.41) is 3.40. The maximum atomic E-state index is 4.80. The van der Waals surface area contributed by atoms with Crippen molar-refractivity contribution in [3.63, 3.8) is 0 Å². The van der Waals surface area contributed by atoms with Gasteiger partial charge in [0.15, 0.2) is 5.82 Å². The molecular weight excluding hydrogens is 330 g/mol. The first-order chi connectivity index (χ1) is 10.2. The highest BCUT2D eigenvalue weighted by Crippen LogP contribution is 2.44. The lowest BCUT2D eigenvalue weighted by atomic mass is 10.2. The van der Waals surface area contributed by atoms with Crippen molar-refractivity contribution < 1.29 is 0 Å². The summed E-state index contributed by atoms with van der Waals surface area (Å²) >= 11 is 3.68. The van der Waals surface area contributed by atoms with Gasteiger partial charge in [-0.3, -0.25) is 0 Å². The van der Waals surface area contributed by atoms with Gasteiger partial charge < -0.3 is 9.88 Å². The Morgan fingerprint density at radius 3 is 2.81 bits per heavy atom. The topological polar surface area (TPSA) is 55.6 Å². The number of nitrogens with zero attached hydrogens (tertiary/aromatic N) is 4. The van der Waals surface area contributed by atoms with Gasteiger partial charge in [-0.1, -0.05) is 6.92 Å². The maximum absolute atomic E-state index is 4.80. The number of halogens is 1. The third-order valence-electron chi connectivity index (χ3n) is 3.67. The predicted octanol–water partition coefficient (Wildman–Crippen LogP) is 3.82. The van der Waals surface area contributed by atoms with Crippen LogP contribution in [0.3, 0.4) is 0 Å². The minimum absolute atomic E-state index is 0.571. The van der Waals surface area contributed by atoms with E-state index in [4.69, 9.17) is 9.97 Å². The van der Waals surface area contributed by atoms with Gasteiger partial charge >= 0.3 is 0 Å². The summed E-state index contributed by atoms with van der Waals surface area (Å²) in [6.45, 7) is 6.02. The highest BCUT2D eigenvalue weighted by Gasteiger charge is 2.30. The molecule has 1 N–H and O–H groups in total. The number of hydrogen-bond acceptors (Lipinski definition) is 4. The molecule has 3 rings (SSSR count). The molecule has 0 radical (unpaired) electrons. The molecule has 1 fully saturated rings. The summed E-state index contributed by atoms with van der Waals surface area (Å²) in [5.74, 6) is 2.23. The molecule has 0 spiro atoms. The Labute approximate surface area is 133 Å². The van der Waals surface area contributed by atoms with E-state index in [0.29, 0.717) is 5.92 Å². The minimum atomic E-state index is 0.571. The summed E-state index contributed by atoms with van der Waals surface area (Å²) in [5.41, 5.74) is 2.11. The van der Waals surface area contributed by atoms with E-state index in [2.05, 4.69) is 44.6 Å². The third kappa shape index (κ3) is 2.95. The molecule has 1 aliphatic rings. The Morgan fingerprint density at radius 2 is 2.14 bits per heavy atom. The lowest BCUT2D eigenvalue weighted by Crippen LogP contribution is -2.08. The summed E-state index contributed by atoms with van der Waals surface area (Å²) in [4.78, 5) is 13.7. The Kier molecular flexibility index (Phi) is 4.24. The lowest BCUT2D eigenvalue weighted by Gasteiger charge is -2.13. The maximum Gasteiger partial charge on any atom is 0.180 e. The van der Waals surface area contributed by atoms with E-state index in [1.165, 1.54) is 12.8 Å². The lowest BCUT2D eigenvalue weighted by molar-refractivity contribution is 0.762. The van der Waals surface area contributed by atoms with Crippen molar-refractivity contribution >= 4 is 21.7 Å². The van der Waals surface area contributed by atoms with Crippen LogP contribution in [0.15, 0.2) is 17.0 Å². The Hall–Kier alpha value is -1.43. The van der Waals surface area contributed by atoms with Gasteiger partial charge in [0.1, 0.15) is 11.5 Å². The second kappa shape index (κ2) is 6.13. The highest BCUT2D eigenvalue weighted by molar-refractivity contribution is 9.10. The van der Waals surface area contributed by atoms with Crippen molar-refractivity contribution in [3.8, 4) is 11.5 Å². The van der Waals surface area contributed by atoms with E-state index in [9.17, 15) is 0 Å². The fraction of sp³-hybridized carbons (Fsp3) is 0.533. The van der Waals surface area contributed by atoms with Gasteiger partial charge in [-0.25, -0.2) is 15.0 Å². The summed E-state index contributed by atoms with van der Waals surface area (Å²) in [6.07, 6.45) is 7.17. The molecule has 0 unspecified atom stereocenters. The van der Waals surface area contributed by atoms with E-state index < -0.39 is 0 Å². The van der Waals surface area contributed by atoms with Gasteiger partial charge in [-0.05, 0) is 42.1 Å². The second-order valence-electron chi connectivity index (χ2n) is 5.36. The van der Waals surface area contributed by atoms with E-state index in [-0.39, 0.29) is 0 Å². The van der Waals surface area contributed by atoms with Crippen LogP contribution in [-0.4, -0.2) is 26.1 Å². The number of nitrogens with one attached hydrogen (secondary N) is 1. The van der Waals surface area contributed by atoms with Crippen LogP contribution >= 0.6 is 15.9 Å². The van der Waals surface area contributed by atoms with Crippen molar-refractivity contribution in [2.75, 3.05) is 11.9 Å². The quantitative estimate of drug-likeness (QED) is 0.861. The summed E-state index contributed by atoms with van der Waals surface area (Å²) in [7, 11) is 0. The number of hydrogen-bond donors (Lipinski definition) is 1. The van der Waals surface area contributed by atoms with E-state index in [0.717, 1.165) is 47.0 Å². The van der Waals surface area contributed by atoms with Gasteiger partial charge in [0.05, 0.1) is 22.7 Å². The molecule has 1 aliphatic carbocycles. The van der Waals surface area contributed by atoms with Crippen molar-refractivity contribution in [1.29, 1.82) is 0 Å². The normalized spacial score (nSPS) is 14.4. The number of rotatable bonds is 6. The average molecular weight is 350 g/mol. The first-order valence-corrected chi connectivity index (χ1v) is 8.35. The third-order valence-corrected chi connectivity index (χ3v) is 4.45. The SMILES string of the molecule is CCCNc1nc(-c2cncn2CC)nc(C2CC2)c1Br. The largest absolute Gasteiger partial charge is 0.369 e. The Bertz CT molecular complexity index is 633. The predicted molar refractivity (Wildman–Crippen MR) is 87.4 cm³/mol. The molecule has 2 aromatic rings. The Morgan fingerprint density at radius 1 is 1.33 bits per heavy atom. The zero-order valence-electron chi connectivity index (χ0n) is 12.4. The average Bonchev–Trinajstić information content (AvgIpc) is 3.23. The fourth-order valence-electron chi connectivity index (χ4n) is 2.33. The van der Waals surface area contributed by atoms with Crippen LogP contribution in [0.2, 0.25) is 0 Å². The van der Waals surface area contributed by atoms with Crippen LogP contribution in [0.4, 0.5) is 5.82 Å². The fourth-order valence-corrected chi connectivity index (χ4v) is 2.97. The zero-order valence-corrected chi connectivity index (χ0v) is 14.0. The molecule has 0 aliphatic heterocycles. The smallest absolute Gasteiger partial charge is 0.180 e. The van der Waals surface area contributed by atoms with E-state index in [1.54, 1.807) is 0 Å². The van der Waals surface area contributed by atoms with Crippen molar-refractivity contribution in [1.82, 2.24) is 19.5 Å². The second-order valence-corrected chi connectivity index (χ2v) is 6.15. The van der Waals surface area contributed by atoms with Crippen LogP contribution in [0.25, 0.3) is 11.5 Å². The van der Waals surface area contributed by atoms with E-state index >= 15 is 0 Å². The number of aromatic nitrogens is 4. The van der Waals surface area contributed by atoms with Crippen molar-refractivity contribution in [2.45, 2.75) is 45.6 Å². The van der Waals surface area contributed by atoms with Gasteiger partial charge in [0.25, 0.3) is 0 Å². The van der Waals surface area contributed by atoms with Crippen LogP contribution < -0.4 is 5.32 Å². The molecule has 0 amide bonds. The molecular formula is C15H20BrN5. The van der Waals surface area contributed by atoms with E-state index in [1.807, 2.05) is 12.5 Å². The van der Waals surface area contributed by atoms with Crippen LogP contribution in [-0.2, 0) is 6.54 Å². The molecule has 0 bridgehead atoms. The van der Waals surface area contributed by atoms with Crippen LogP contribution in [0.1, 0.15) is 44.7 Å². The molecule has 1 saturated carbocycles. The molecule has 2 heterocycles. The van der Waals surface area contributed by atoms with Crippen molar-refractivity contribution in [2.24, 2.45) is 0 Å².